The largest absolute Gasteiger partial charge is 0.495 e. The van der Waals surface area contributed by atoms with Gasteiger partial charge in [-0.1, -0.05) is 19.9 Å². The number of ether oxygens (including phenoxy) is 1. The number of aliphatic imine (C=N–C) groups is 1. The first-order valence-corrected chi connectivity index (χ1v) is 8.03. The van der Waals surface area contributed by atoms with Gasteiger partial charge in [-0.3, -0.25) is 4.79 Å². The van der Waals surface area contributed by atoms with Gasteiger partial charge in [0.1, 0.15) is 4.90 Å². The summed E-state index contributed by atoms with van der Waals surface area (Å²) in [6.07, 6.45) is 1.06. The quantitative estimate of drug-likeness (QED) is 0.620. The average molecular weight is 313 g/mol. The van der Waals surface area contributed by atoms with Crippen LogP contribution in [-0.2, 0) is 9.84 Å². The number of hydrogen-bond donors (Lipinski definition) is 2. The summed E-state index contributed by atoms with van der Waals surface area (Å²) < 4.78 is 29.3. The highest BCUT2D eigenvalue weighted by Crippen LogP contribution is 2.35. The van der Waals surface area contributed by atoms with E-state index in [1.807, 2.05) is 13.8 Å². The van der Waals surface area contributed by atoms with Gasteiger partial charge in [-0.25, -0.2) is 8.42 Å². The van der Waals surface area contributed by atoms with Gasteiger partial charge in [0.05, 0.1) is 12.7 Å². The third-order valence-electron chi connectivity index (χ3n) is 2.80. The highest BCUT2D eigenvalue weighted by atomic mass is 32.2. The highest BCUT2D eigenvalue weighted by molar-refractivity contribution is 7.90. The molecular formula is C13H19N3O4S. The lowest BCUT2D eigenvalue weighted by molar-refractivity contribution is 0.0999. The molecule has 0 saturated carbocycles. The molecule has 21 heavy (non-hydrogen) atoms. The topological polar surface area (TPSA) is 125 Å². The number of sulfone groups is 1. The van der Waals surface area contributed by atoms with Crippen molar-refractivity contribution in [2.45, 2.75) is 24.7 Å². The molecule has 1 amide bonds. The molecule has 4 N–H and O–H groups in total. The molecular weight excluding hydrogens is 294 g/mol. The van der Waals surface area contributed by atoms with Gasteiger partial charge in [-0.05, 0) is 17.5 Å². The summed E-state index contributed by atoms with van der Waals surface area (Å²) in [6.45, 7) is 3.70. The van der Waals surface area contributed by atoms with Crippen molar-refractivity contribution in [3.05, 3.63) is 23.3 Å². The molecule has 0 heterocycles. The van der Waals surface area contributed by atoms with Gasteiger partial charge in [-0.2, -0.15) is 4.99 Å². The minimum absolute atomic E-state index is 0.00396. The molecule has 0 radical (unpaired) electrons. The lowest BCUT2D eigenvalue weighted by Gasteiger charge is -2.17. The Labute approximate surface area is 123 Å². The normalized spacial score (nSPS) is 11.3. The fourth-order valence-corrected chi connectivity index (χ4v) is 3.23. The van der Waals surface area contributed by atoms with Crippen molar-refractivity contribution in [3.63, 3.8) is 0 Å². The van der Waals surface area contributed by atoms with E-state index in [2.05, 4.69) is 4.99 Å². The number of carbonyl (C=O) groups is 1. The Hall–Kier alpha value is -2.09. The van der Waals surface area contributed by atoms with Crippen LogP contribution in [0, 0.1) is 0 Å². The number of guanidine groups is 1. The first-order chi connectivity index (χ1) is 9.59. The Morgan fingerprint density at radius 2 is 1.86 bits per heavy atom. The zero-order chi connectivity index (χ0) is 16.4. The number of hydrogen-bond acceptors (Lipinski definition) is 4. The Morgan fingerprint density at radius 1 is 1.29 bits per heavy atom. The molecule has 0 aromatic heterocycles. The molecule has 1 rings (SSSR count). The number of methoxy groups -OCH3 is 1. The first-order valence-electron chi connectivity index (χ1n) is 6.14. The summed E-state index contributed by atoms with van der Waals surface area (Å²) in [7, 11) is -2.30. The first kappa shape index (κ1) is 17.0. The van der Waals surface area contributed by atoms with E-state index in [-0.39, 0.29) is 22.1 Å². The summed E-state index contributed by atoms with van der Waals surface area (Å²) in [5.41, 5.74) is 10.9. The SMILES string of the molecule is COc1c(C(=O)N=C(N)N)ccc(C(C)C)c1S(C)(=O)=O. The maximum absolute atomic E-state index is 12.1. The number of carbonyl (C=O) groups excluding carboxylic acids is 1. The molecule has 0 unspecified atom stereocenters. The monoisotopic (exact) mass is 313 g/mol. The fourth-order valence-electron chi connectivity index (χ4n) is 1.96. The minimum Gasteiger partial charge on any atom is -0.495 e. The Morgan fingerprint density at radius 3 is 2.24 bits per heavy atom. The number of nitrogens with zero attached hydrogens (tertiary/aromatic N) is 1. The van der Waals surface area contributed by atoms with Crippen LogP contribution in [-0.4, -0.2) is 33.7 Å². The molecule has 0 spiro atoms. The molecule has 8 heteroatoms. The molecule has 0 fully saturated rings. The van der Waals surface area contributed by atoms with Gasteiger partial charge in [0.25, 0.3) is 5.91 Å². The summed E-state index contributed by atoms with van der Waals surface area (Å²) in [4.78, 5) is 15.4. The van der Waals surface area contributed by atoms with Crippen LogP contribution in [0.1, 0.15) is 35.7 Å². The predicted molar refractivity (Wildman–Crippen MR) is 80.3 cm³/mol. The molecule has 116 valence electrons. The Kier molecular flexibility index (Phi) is 4.95. The van der Waals surface area contributed by atoms with Crippen molar-refractivity contribution in [2.24, 2.45) is 16.5 Å². The second kappa shape index (κ2) is 6.13. The van der Waals surface area contributed by atoms with Crippen LogP contribution in [0.4, 0.5) is 0 Å². The van der Waals surface area contributed by atoms with E-state index < -0.39 is 21.7 Å². The molecule has 1 aromatic rings. The Balaban J connectivity index is 3.74. The van der Waals surface area contributed by atoms with Crippen LogP contribution < -0.4 is 16.2 Å². The van der Waals surface area contributed by atoms with E-state index in [0.29, 0.717) is 5.56 Å². The van der Waals surface area contributed by atoms with Crippen LogP contribution in [0.25, 0.3) is 0 Å². The average Bonchev–Trinajstić information content (AvgIpc) is 2.34. The third-order valence-corrected chi connectivity index (χ3v) is 3.96. The summed E-state index contributed by atoms with van der Waals surface area (Å²) >= 11 is 0. The molecule has 1 aromatic carbocycles. The van der Waals surface area contributed by atoms with Crippen molar-refractivity contribution in [1.82, 2.24) is 0 Å². The van der Waals surface area contributed by atoms with E-state index in [1.165, 1.54) is 13.2 Å². The third kappa shape index (κ3) is 3.72. The number of amides is 1. The van der Waals surface area contributed by atoms with Crippen LogP contribution >= 0.6 is 0 Å². The maximum atomic E-state index is 12.1. The second-order valence-electron chi connectivity index (χ2n) is 4.83. The summed E-state index contributed by atoms with van der Waals surface area (Å²) in [5, 5.41) is 0. The van der Waals surface area contributed by atoms with Gasteiger partial charge in [0.15, 0.2) is 21.5 Å². The highest BCUT2D eigenvalue weighted by Gasteiger charge is 2.26. The summed E-state index contributed by atoms with van der Waals surface area (Å²) in [5.74, 6) is -1.27. The number of rotatable bonds is 4. The van der Waals surface area contributed by atoms with Crippen LogP contribution in [0.2, 0.25) is 0 Å². The van der Waals surface area contributed by atoms with E-state index >= 15 is 0 Å². The van der Waals surface area contributed by atoms with Gasteiger partial charge < -0.3 is 16.2 Å². The van der Waals surface area contributed by atoms with E-state index in [4.69, 9.17) is 16.2 Å². The number of benzene rings is 1. The van der Waals surface area contributed by atoms with Gasteiger partial charge >= 0.3 is 0 Å². The molecule has 0 bridgehead atoms. The molecule has 0 atom stereocenters. The standard InChI is InChI=1S/C13H19N3O4S/c1-7(2)8-5-6-9(12(17)16-13(14)15)10(20-3)11(8)21(4,18)19/h5-7H,1-4H3,(H4,14,15,16,17). The molecule has 7 nitrogen and oxygen atoms in total. The van der Waals surface area contributed by atoms with Crippen molar-refractivity contribution in [1.29, 1.82) is 0 Å². The lowest BCUT2D eigenvalue weighted by Crippen LogP contribution is -2.24. The van der Waals surface area contributed by atoms with Crippen LogP contribution in [0.5, 0.6) is 5.75 Å². The van der Waals surface area contributed by atoms with Crippen LogP contribution in [0.15, 0.2) is 22.0 Å². The van der Waals surface area contributed by atoms with Gasteiger partial charge in [-0.15, -0.1) is 0 Å². The van der Waals surface area contributed by atoms with E-state index in [0.717, 1.165) is 6.26 Å². The van der Waals surface area contributed by atoms with Crippen molar-refractivity contribution in [2.75, 3.05) is 13.4 Å². The van der Waals surface area contributed by atoms with Crippen molar-refractivity contribution in [3.8, 4) is 5.75 Å². The zero-order valence-electron chi connectivity index (χ0n) is 12.4. The maximum Gasteiger partial charge on any atom is 0.283 e. The van der Waals surface area contributed by atoms with Gasteiger partial charge in [0.2, 0.25) is 0 Å². The van der Waals surface area contributed by atoms with Crippen molar-refractivity contribution >= 4 is 21.7 Å². The molecule has 0 aliphatic rings. The number of nitrogens with two attached hydrogens (primary N) is 2. The lowest BCUT2D eigenvalue weighted by atomic mass is 10.0. The Bertz CT molecular complexity index is 690. The van der Waals surface area contributed by atoms with E-state index in [9.17, 15) is 13.2 Å². The second-order valence-corrected chi connectivity index (χ2v) is 6.79. The minimum atomic E-state index is -3.59. The fraction of sp³-hybridized carbons (Fsp3) is 0.385. The summed E-state index contributed by atoms with van der Waals surface area (Å²) in [6, 6.07) is 3.02. The van der Waals surface area contributed by atoms with Crippen LogP contribution in [0.3, 0.4) is 0 Å². The van der Waals surface area contributed by atoms with Gasteiger partial charge in [0, 0.05) is 6.26 Å². The molecule has 0 saturated heterocycles. The zero-order valence-corrected chi connectivity index (χ0v) is 13.2. The smallest absolute Gasteiger partial charge is 0.283 e. The molecule has 0 aliphatic heterocycles. The predicted octanol–water partition coefficient (Wildman–Crippen LogP) is 0.636. The van der Waals surface area contributed by atoms with Crippen molar-refractivity contribution < 1.29 is 17.9 Å². The van der Waals surface area contributed by atoms with E-state index in [1.54, 1.807) is 6.07 Å². The molecule has 0 aliphatic carbocycles.